The van der Waals surface area contributed by atoms with Gasteiger partial charge in [0.15, 0.2) is 0 Å². The SMILES string of the molecule is CCC(C(=O)O)N(C)CCSc1cccc(C(F)(F)F)c1. The Morgan fingerprint density at radius 3 is 2.62 bits per heavy atom. The monoisotopic (exact) mass is 321 g/mol. The highest BCUT2D eigenvalue weighted by Gasteiger charge is 2.30. The summed E-state index contributed by atoms with van der Waals surface area (Å²) in [5.41, 5.74) is -0.669. The van der Waals surface area contributed by atoms with Crippen molar-refractivity contribution in [1.82, 2.24) is 4.90 Å². The van der Waals surface area contributed by atoms with E-state index in [9.17, 15) is 18.0 Å². The molecule has 0 aliphatic heterocycles. The van der Waals surface area contributed by atoms with Crippen LogP contribution in [0.4, 0.5) is 13.2 Å². The van der Waals surface area contributed by atoms with Crippen LogP contribution in [0.5, 0.6) is 0 Å². The van der Waals surface area contributed by atoms with Crippen LogP contribution in [0, 0.1) is 0 Å². The standard InChI is InChI=1S/C14H18F3NO2S/c1-3-12(13(19)20)18(2)7-8-21-11-6-4-5-10(9-11)14(15,16)17/h4-6,9,12H,3,7-8H2,1-2H3,(H,19,20). The van der Waals surface area contributed by atoms with E-state index >= 15 is 0 Å². The average Bonchev–Trinajstić information content (AvgIpc) is 2.38. The summed E-state index contributed by atoms with van der Waals surface area (Å²) in [5.74, 6) is -0.356. The fraction of sp³-hybridized carbons (Fsp3) is 0.500. The van der Waals surface area contributed by atoms with Crippen molar-refractivity contribution in [2.75, 3.05) is 19.3 Å². The Balaban J connectivity index is 2.55. The molecule has 0 bridgehead atoms. The highest BCUT2D eigenvalue weighted by molar-refractivity contribution is 7.99. The molecule has 3 nitrogen and oxygen atoms in total. The second-order valence-electron chi connectivity index (χ2n) is 4.62. The second-order valence-corrected chi connectivity index (χ2v) is 5.79. The van der Waals surface area contributed by atoms with Crippen LogP contribution < -0.4 is 0 Å². The number of likely N-dealkylation sites (N-methyl/N-ethyl adjacent to an activating group) is 1. The third kappa shape index (κ3) is 5.59. The molecule has 7 heteroatoms. The quantitative estimate of drug-likeness (QED) is 0.779. The summed E-state index contributed by atoms with van der Waals surface area (Å²) in [5, 5.41) is 9.01. The maximum absolute atomic E-state index is 12.6. The third-order valence-corrected chi connectivity index (χ3v) is 4.05. The molecule has 1 rings (SSSR count). The van der Waals surface area contributed by atoms with Crippen molar-refractivity contribution < 1.29 is 23.1 Å². The summed E-state index contributed by atoms with van der Waals surface area (Å²) >= 11 is 1.28. The topological polar surface area (TPSA) is 40.5 Å². The van der Waals surface area contributed by atoms with Gasteiger partial charge >= 0.3 is 12.1 Å². The van der Waals surface area contributed by atoms with Crippen molar-refractivity contribution in [1.29, 1.82) is 0 Å². The molecule has 0 fully saturated rings. The van der Waals surface area contributed by atoms with Crippen LogP contribution in [0.15, 0.2) is 29.2 Å². The number of aliphatic carboxylic acids is 1. The van der Waals surface area contributed by atoms with Gasteiger partial charge in [-0.3, -0.25) is 9.69 Å². The number of halogens is 3. The van der Waals surface area contributed by atoms with Crippen molar-refractivity contribution in [2.24, 2.45) is 0 Å². The first-order valence-electron chi connectivity index (χ1n) is 6.48. The first-order chi connectivity index (χ1) is 9.75. The molecule has 0 aliphatic rings. The molecular formula is C14H18F3NO2S. The van der Waals surface area contributed by atoms with E-state index in [4.69, 9.17) is 5.11 Å². The lowest BCUT2D eigenvalue weighted by Crippen LogP contribution is -2.39. The molecule has 118 valence electrons. The van der Waals surface area contributed by atoms with Gasteiger partial charge in [-0.05, 0) is 31.7 Å². The van der Waals surface area contributed by atoms with E-state index in [2.05, 4.69) is 0 Å². The molecule has 1 atom stereocenters. The van der Waals surface area contributed by atoms with Crippen molar-refractivity contribution in [3.8, 4) is 0 Å². The molecule has 0 heterocycles. The Morgan fingerprint density at radius 1 is 1.43 bits per heavy atom. The van der Waals surface area contributed by atoms with Crippen LogP contribution in [0.2, 0.25) is 0 Å². The van der Waals surface area contributed by atoms with E-state index in [0.29, 0.717) is 23.6 Å². The van der Waals surface area contributed by atoms with E-state index in [1.807, 2.05) is 0 Å². The van der Waals surface area contributed by atoms with E-state index in [-0.39, 0.29) is 0 Å². The van der Waals surface area contributed by atoms with Crippen LogP contribution in [0.3, 0.4) is 0 Å². The summed E-state index contributed by atoms with van der Waals surface area (Å²) in [4.78, 5) is 13.2. The summed E-state index contributed by atoms with van der Waals surface area (Å²) in [7, 11) is 1.70. The van der Waals surface area contributed by atoms with Gasteiger partial charge in [-0.25, -0.2) is 0 Å². The lowest BCUT2D eigenvalue weighted by molar-refractivity contribution is -0.142. The third-order valence-electron chi connectivity index (χ3n) is 3.08. The zero-order valence-corrected chi connectivity index (χ0v) is 12.7. The molecule has 21 heavy (non-hydrogen) atoms. The van der Waals surface area contributed by atoms with Gasteiger partial charge in [0, 0.05) is 17.2 Å². The number of nitrogens with zero attached hydrogens (tertiary/aromatic N) is 1. The van der Waals surface area contributed by atoms with Crippen LogP contribution in [-0.4, -0.2) is 41.4 Å². The van der Waals surface area contributed by atoms with Gasteiger partial charge in [-0.15, -0.1) is 11.8 Å². The molecule has 1 aromatic rings. The first kappa shape index (κ1) is 17.8. The molecule has 0 radical (unpaired) electrons. The fourth-order valence-corrected chi connectivity index (χ4v) is 2.90. The molecular weight excluding hydrogens is 303 g/mol. The zero-order chi connectivity index (χ0) is 16.0. The molecule has 0 aliphatic carbocycles. The number of alkyl halides is 3. The molecule has 0 amide bonds. The van der Waals surface area contributed by atoms with E-state index < -0.39 is 23.8 Å². The van der Waals surface area contributed by atoms with Crippen molar-refractivity contribution >= 4 is 17.7 Å². The van der Waals surface area contributed by atoms with Crippen LogP contribution in [0.1, 0.15) is 18.9 Å². The minimum absolute atomic E-state index is 0.486. The van der Waals surface area contributed by atoms with E-state index in [1.54, 1.807) is 24.9 Å². The summed E-state index contributed by atoms with van der Waals surface area (Å²) in [6, 6.07) is 4.58. The molecule has 1 N–H and O–H groups in total. The van der Waals surface area contributed by atoms with Gasteiger partial charge in [0.05, 0.1) is 5.56 Å². The van der Waals surface area contributed by atoms with E-state index in [0.717, 1.165) is 12.1 Å². The molecule has 0 aromatic heterocycles. The number of carboxylic acids is 1. The molecule has 1 unspecified atom stereocenters. The molecule has 0 saturated heterocycles. The minimum Gasteiger partial charge on any atom is -0.480 e. The van der Waals surface area contributed by atoms with E-state index in [1.165, 1.54) is 17.8 Å². The van der Waals surface area contributed by atoms with Crippen molar-refractivity contribution in [3.05, 3.63) is 29.8 Å². The number of rotatable bonds is 7. The summed E-state index contributed by atoms with van der Waals surface area (Å²) in [6.45, 7) is 2.28. The zero-order valence-electron chi connectivity index (χ0n) is 11.9. The fourth-order valence-electron chi connectivity index (χ4n) is 1.90. The Labute approximate surface area is 126 Å². The van der Waals surface area contributed by atoms with Gasteiger partial charge in [-0.2, -0.15) is 13.2 Å². The van der Waals surface area contributed by atoms with Crippen LogP contribution in [-0.2, 0) is 11.0 Å². The van der Waals surface area contributed by atoms with Crippen molar-refractivity contribution in [2.45, 2.75) is 30.5 Å². The van der Waals surface area contributed by atoms with Crippen LogP contribution >= 0.6 is 11.8 Å². The second kappa shape index (κ2) is 7.70. The summed E-state index contributed by atoms with van der Waals surface area (Å²) in [6.07, 6.45) is -3.86. The number of hydrogen-bond donors (Lipinski definition) is 1. The number of hydrogen-bond acceptors (Lipinski definition) is 3. The minimum atomic E-state index is -4.34. The maximum atomic E-state index is 12.6. The Hall–Kier alpha value is -1.21. The van der Waals surface area contributed by atoms with Crippen molar-refractivity contribution in [3.63, 3.8) is 0 Å². The predicted octanol–water partition coefficient (Wildman–Crippen LogP) is 3.59. The van der Waals surface area contributed by atoms with Gasteiger partial charge in [0.1, 0.15) is 6.04 Å². The Kier molecular flexibility index (Phi) is 6.54. The maximum Gasteiger partial charge on any atom is 0.416 e. The number of carbonyl (C=O) groups is 1. The number of thioether (sulfide) groups is 1. The Morgan fingerprint density at radius 2 is 2.10 bits per heavy atom. The number of carboxylic acid groups (broad SMARTS) is 1. The van der Waals surface area contributed by atoms with Crippen LogP contribution in [0.25, 0.3) is 0 Å². The van der Waals surface area contributed by atoms with Gasteiger partial charge in [-0.1, -0.05) is 13.0 Å². The highest BCUT2D eigenvalue weighted by Crippen LogP contribution is 2.31. The smallest absolute Gasteiger partial charge is 0.416 e. The highest BCUT2D eigenvalue weighted by atomic mass is 32.2. The predicted molar refractivity (Wildman–Crippen MR) is 76.5 cm³/mol. The largest absolute Gasteiger partial charge is 0.480 e. The van der Waals surface area contributed by atoms with Gasteiger partial charge in [0.2, 0.25) is 0 Å². The van der Waals surface area contributed by atoms with Gasteiger partial charge < -0.3 is 5.11 Å². The molecule has 0 spiro atoms. The first-order valence-corrected chi connectivity index (χ1v) is 7.47. The Bertz CT molecular complexity index is 480. The lowest BCUT2D eigenvalue weighted by Gasteiger charge is -2.23. The molecule has 0 saturated carbocycles. The molecule has 1 aromatic carbocycles. The average molecular weight is 321 g/mol. The normalized spacial score (nSPS) is 13.4. The lowest BCUT2D eigenvalue weighted by atomic mass is 10.2. The van der Waals surface area contributed by atoms with Gasteiger partial charge in [0.25, 0.3) is 0 Å². The summed E-state index contributed by atoms with van der Waals surface area (Å²) < 4.78 is 37.7. The number of benzene rings is 1.